The van der Waals surface area contributed by atoms with Crippen molar-refractivity contribution in [2.75, 3.05) is 26.3 Å². The molecule has 1 amide bonds. The van der Waals surface area contributed by atoms with Crippen molar-refractivity contribution in [2.45, 2.75) is 91.2 Å². The van der Waals surface area contributed by atoms with E-state index in [2.05, 4.69) is 67.7 Å². The van der Waals surface area contributed by atoms with Gasteiger partial charge in [-0.25, -0.2) is 0 Å². The van der Waals surface area contributed by atoms with Gasteiger partial charge in [-0.05, 0) is 42.7 Å². The van der Waals surface area contributed by atoms with Gasteiger partial charge in [0.2, 0.25) is 5.91 Å². The third kappa shape index (κ3) is 8.51. The molecule has 0 aromatic rings. The predicted molar refractivity (Wildman–Crippen MR) is 124 cm³/mol. The first kappa shape index (κ1) is 28.3. The fourth-order valence-electron chi connectivity index (χ4n) is 2.26. The molecule has 8 heteroatoms. The molecule has 0 aliphatic heterocycles. The van der Waals surface area contributed by atoms with E-state index in [4.69, 9.17) is 8.85 Å². The topological polar surface area (TPSA) is 76.1 Å². The summed E-state index contributed by atoms with van der Waals surface area (Å²) in [7, 11) is -3.86. The maximum atomic E-state index is 12.9. The molecule has 1 N–H and O–H groups in total. The van der Waals surface area contributed by atoms with Crippen molar-refractivity contribution in [1.29, 1.82) is 0 Å². The van der Waals surface area contributed by atoms with Gasteiger partial charge in [0, 0.05) is 13.1 Å². The number of hydrogen-bond donors (Lipinski definition) is 1. The van der Waals surface area contributed by atoms with E-state index in [0.717, 1.165) is 0 Å². The molecule has 29 heavy (non-hydrogen) atoms. The maximum Gasteiger partial charge on any atom is 0.316 e. The molecule has 0 rings (SSSR count). The van der Waals surface area contributed by atoms with Crippen molar-refractivity contribution in [3.8, 4) is 0 Å². The summed E-state index contributed by atoms with van der Waals surface area (Å²) in [6, 6.07) is 0. The second-order valence-corrected chi connectivity index (χ2v) is 20.5. The highest BCUT2D eigenvalue weighted by atomic mass is 28.4. The lowest BCUT2D eigenvalue weighted by molar-refractivity contribution is -0.151. The van der Waals surface area contributed by atoms with E-state index in [0.29, 0.717) is 26.3 Å². The molecular weight excluding hydrogens is 402 g/mol. The van der Waals surface area contributed by atoms with Crippen LogP contribution in [0.3, 0.4) is 0 Å². The number of nitrogens with zero attached hydrogens (tertiary/aromatic N) is 1. The van der Waals surface area contributed by atoms with Crippen LogP contribution < -0.4 is 0 Å². The third-order valence-corrected chi connectivity index (χ3v) is 15.7. The first-order chi connectivity index (χ1) is 12.9. The Hall–Kier alpha value is -0.706. The maximum absolute atomic E-state index is 12.9. The van der Waals surface area contributed by atoms with Gasteiger partial charge in [0.05, 0.1) is 13.2 Å². The number of aliphatic carboxylic acids is 1. The van der Waals surface area contributed by atoms with E-state index < -0.39 is 28.5 Å². The van der Waals surface area contributed by atoms with E-state index in [1.807, 2.05) is 0 Å². The highest BCUT2D eigenvalue weighted by molar-refractivity contribution is 6.74. The molecule has 0 saturated carbocycles. The lowest BCUT2D eigenvalue weighted by Crippen LogP contribution is -2.47. The van der Waals surface area contributed by atoms with Crippen LogP contribution in [0.15, 0.2) is 0 Å². The molecule has 1 unspecified atom stereocenters. The Kier molecular flexibility index (Phi) is 10.3. The van der Waals surface area contributed by atoms with Gasteiger partial charge in [-0.1, -0.05) is 48.5 Å². The predicted octanol–water partition coefficient (Wildman–Crippen LogP) is 4.97. The minimum Gasteiger partial charge on any atom is -0.481 e. The number of carbonyl (C=O) groups is 2. The van der Waals surface area contributed by atoms with E-state index in [-0.39, 0.29) is 22.4 Å². The Labute approximate surface area is 180 Å². The number of carbonyl (C=O) groups excluding carboxylic acids is 1. The summed E-state index contributed by atoms with van der Waals surface area (Å²) in [6.07, 6.45) is 0.275. The molecular formula is C21H45NO5Si2. The van der Waals surface area contributed by atoms with Crippen LogP contribution in [0.2, 0.25) is 36.3 Å². The molecule has 0 bridgehead atoms. The van der Waals surface area contributed by atoms with Gasteiger partial charge < -0.3 is 18.9 Å². The molecule has 0 radical (unpaired) electrons. The first-order valence-electron chi connectivity index (χ1n) is 10.7. The largest absolute Gasteiger partial charge is 0.481 e. The summed E-state index contributed by atoms with van der Waals surface area (Å²) < 4.78 is 12.4. The smallest absolute Gasteiger partial charge is 0.316 e. The van der Waals surface area contributed by atoms with Crippen LogP contribution in [0.25, 0.3) is 0 Å². The van der Waals surface area contributed by atoms with Crippen molar-refractivity contribution in [1.82, 2.24) is 4.90 Å². The Morgan fingerprint density at radius 3 is 1.45 bits per heavy atom. The molecule has 0 saturated heterocycles. The first-order valence-corrected chi connectivity index (χ1v) is 16.5. The summed E-state index contributed by atoms with van der Waals surface area (Å²) in [5, 5.41) is 9.59. The average Bonchev–Trinajstić information content (AvgIpc) is 2.51. The number of carboxylic acids is 1. The summed E-state index contributed by atoms with van der Waals surface area (Å²) in [4.78, 5) is 26.0. The summed E-state index contributed by atoms with van der Waals surface area (Å²) >= 11 is 0. The van der Waals surface area contributed by atoms with E-state index in [9.17, 15) is 14.7 Å². The lowest BCUT2D eigenvalue weighted by atomic mass is 10.1. The Morgan fingerprint density at radius 1 is 0.862 bits per heavy atom. The standard InChI is InChI=1S/C21H45NO5Si2/c1-12-17(19(24)25)18(23)22(13-15-26-28(8,9)20(2,3)4)14-16-27-29(10,11)21(5,6)7/h17H,12-16H2,1-11H3,(H,24,25). The fourth-order valence-corrected chi connectivity index (χ4v) is 4.33. The summed E-state index contributed by atoms with van der Waals surface area (Å²) in [6.45, 7) is 25.1. The molecule has 0 aromatic heterocycles. The van der Waals surface area contributed by atoms with Crippen molar-refractivity contribution >= 4 is 28.5 Å². The molecule has 0 aromatic carbocycles. The number of amides is 1. The second kappa shape index (κ2) is 10.5. The zero-order valence-electron chi connectivity index (χ0n) is 20.6. The fraction of sp³-hybridized carbons (Fsp3) is 0.905. The van der Waals surface area contributed by atoms with Gasteiger partial charge >= 0.3 is 5.97 Å². The monoisotopic (exact) mass is 447 g/mol. The van der Waals surface area contributed by atoms with Crippen LogP contribution in [-0.2, 0) is 18.4 Å². The number of rotatable bonds is 11. The Morgan fingerprint density at radius 2 is 1.21 bits per heavy atom. The quantitative estimate of drug-likeness (QED) is 0.357. The van der Waals surface area contributed by atoms with Crippen LogP contribution in [0.1, 0.15) is 54.9 Å². The van der Waals surface area contributed by atoms with Crippen molar-refractivity contribution < 1.29 is 23.5 Å². The van der Waals surface area contributed by atoms with Gasteiger partial charge in [0.15, 0.2) is 16.6 Å². The van der Waals surface area contributed by atoms with E-state index >= 15 is 0 Å². The van der Waals surface area contributed by atoms with Crippen molar-refractivity contribution in [3.63, 3.8) is 0 Å². The van der Waals surface area contributed by atoms with Crippen molar-refractivity contribution in [3.05, 3.63) is 0 Å². The zero-order valence-corrected chi connectivity index (χ0v) is 22.6. The minimum atomic E-state index is -1.93. The van der Waals surface area contributed by atoms with Crippen LogP contribution in [0.5, 0.6) is 0 Å². The highest BCUT2D eigenvalue weighted by Crippen LogP contribution is 2.37. The molecule has 0 spiro atoms. The van der Waals surface area contributed by atoms with Gasteiger partial charge in [-0.15, -0.1) is 0 Å². The molecule has 6 nitrogen and oxygen atoms in total. The molecule has 0 aliphatic carbocycles. The van der Waals surface area contributed by atoms with E-state index in [1.54, 1.807) is 11.8 Å². The van der Waals surface area contributed by atoms with Gasteiger partial charge in [0.25, 0.3) is 0 Å². The van der Waals surface area contributed by atoms with Gasteiger partial charge in [-0.3, -0.25) is 9.59 Å². The summed E-state index contributed by atoms with van der Waals surface area (Å²) in [5.41, 5.74) is 0. The van der Waals surface area contributed by atoms with Crippen LogP contribution in [-0.4, -0.2) is 64.8 Å². The third-order valence-electron chi connectivity index (χ3n) is 6.58. The average molecular weight is 448 g/mol. The Bertz CT molecular complexity index is 518. The second-order valence-electron chi connectivity index (χ2n) is 10.8. The van der Waals surface area contributed by atoms with Gasteiger partial charge in [0.1, 0.15) is 5.92 Å². The summed E-state index contributed by atoms with van der Waals surface area (Å²) in [5.74, 6) is -2.44. The normalized spacial score (nSPS) is 14.6. The number of hydrogen-bond acceptors (Lipinski definition) is 4. The number of carboxylic acid groups (broad SMARTS) is 1. The SMILES string of the molecule is CCC(C(=O)O)C(=O)N(CCO[Si](C)(C)C(C)(C)C)CCO[Si](C)(C)C(C)(C)C. The van der Waals surface area contributed by atoms with Crippen LogP contribution in [0, 0.1) is 5.92 Å². The minimum absolute atomic E-state index is 0.0836. The molecule has 0 aliphatic rings. The van der Waals surface area contributed by atoms with Crippen molar-refractivity contribution in [2.24, 2.45) is 5.92 Å². The molecule has 1 atom stereocenters. The molecule has 172 valence electrons. The van der Waals surface area contributed by atoms with Crippen LogP contribution >= 0.6 is 0 Å². The molecule has 0 heterocycles. The van der Waals surface area contributed by atoms with E-state index in [1.165, 1.54) is 0 Å². The Balaban J connectivity index is 5.18. The molecule has 0 fully saturated rings. The lowest BCUT2D eigenvalue weighted by Gasteiger charge is -2.38. The zero-order chi connectivity index (χ0) is 23.3. The highest BCUT2D eigenvalue weighted by Gasteiger charge is 2.39. The van der Waals surface area contributed by atoms with Crippen LogP contribution in [0.4, 0.5) is 0 Å². The van der Waals surface area contributed by atoms with Gasteiger partial charge in [-0.2, -0.15) is 0 Å².